The number of nitrogens with zero attached hydrogens (tertiary/aromatic N) is 5. The van der Waals surface area contributed by atoms with Crippen molar-refractivity contribution in [1.29, 1.82) is 5.26 Å². The largest absolute Gasteiger partial charge is 0.378 e. The minimum absolute atomic E-state index is 0.0298. The van der Waals surface area contributed by atoms with Crippen molar-refractivity contribution >= 4 is 5.69 Å². The first kappa shape index (κ1) is 13.6. The van der Waals surface area contributed by atoms with Gasteiger partial charge in [-0.05, 0) is 5.56 Å². The molecule has 0 atom stereocenters. The first-order valence-corrected chi connectivity index (χ1v) is 5.70. The van der Waals surface area contributed by atoms with Crippen LogP contribution >= 0.6 is 0 Å². The van der Waals surface area contributed by atoms with Gasteiger partial charge in [-0.2, -0.15) is 5.26 Å². The third-order valence-electron chi connectivity index (χ3n) is 2.70. The first-order valence-electron chi connectivity index (χ1n) is 5.70. The third-order valence-corrected chi connectivity index (χ3v) is 2.70. The Labute approximate surface area is 114 Å². The fourth-order valence-electron chi connectivity index (χ4n) is 1.72. The Balaban J connectivity index is 2.23. The zero-order chi connectivity index (χ0) is 14.5. The molecule has 8 nitrogen and oxygen atoms in total. The quantitative estimate of drug-likeness (QED) is 0.599. The molecule has 2 aromatic rings. The molecule has 1 heterocycles. The van der Waals surface area contributed by atoms with Crippen LogP contribution in [0.5, 0.6) is 0 Å². The van der Waals surface area contributed by atoms with Gasteiger partial charge in [0.15, 0.2) is 5.69 Å². The number of aromatic nitrogens is 3. The van der Waals surface area contributed by atoms with E-state index in [4.69, 9.17) is 10.00 Å². The molecule has 0 saturated heterocycles. The molecule has 20 heavy (non-hydrogen) atoms. The van der Waals surface area contributed by atoms with E-state index in [-0.39, 0.29) is 18.0 Å². The molecule has 0 amide bonds. The second-order valence-electron chi connectivity index (χ2n) is 4.01. The zero-order valence-corrected chi connectivity index (χ0v) is 10.7. The lowest BCUT2D eigenvalue weighted by molar-refractivity contribution is -0.384. The maximum atomic E-state index is 10.6. The molecule has 0 aliphatic rings. The molecule has 0 spiro atoms. The first-order chi connectivity index (χ1) is 9.65. The van der Waals surface area contributed by atoms with Gasteiger partial charge in [0.25, 0.3) is 5.69 Å². The van der Waals surface area contributed by atoms with Gasteiger partial charge in [-0.3, -0.25) is 10.1 Å². The number of rotatable bonds is 5. The van der Waals surface area contributed by atoms with Crippen LogP contribution in [0.2, 0.25) is 0 Å². The number of hydrogen-bond acceptors (Lipinski definition) is 6. The standard InChI is InChI=1S/C12H11N5O3/c1-20-8-12-11(6-13)14-15-16(12)7-9-2-4-10(5-3-9)17(18)19/h2-5H,7-8H2,1H3. The molecule has 0 radical (unpaired) electrons. The van der Waals surface area contributed by atoms with Crippen molar-refractivity contribution in [2.45, 2.75) is 13.2 Å². The number of nitriles is 1. The van der Waals surface area contributed by atoms with E-state index in [9.17, 15) is 10.1 Å². The van der Waals surface area contributed by atoms with Crippen LogP contribution in [0, 0.1) is 21.4 Å². The van der Waals surface area contributed by atoms with Crippen molar-refractivity contribution in [2.24, 2.45) is 0 Å². The van der Waals surface area contributed by atoms with E-state index < -0.39 is 4.92 Å². The van der Waals surface area contributed by atoms with E-state index in [0.717, 1.165) is 5.56 Å². The van der Waals surface area contributed by atoms with Crippen LogP contribution in [0.25, 0.3) is 0 Å². The molecule has 0 N–H and O–H groups in total. The Morgan fingerprint density at radius 1 is 1.45 bits per heavy atom. The van der Waals surface area contributed by atoms with Crippen LogP contribution in [0.15, 0.2) is 24.3 Å². The van der Waals surface area contributed by atoms with Gasteiger partial charge in [0.2, 0.25) is 0 Å². The second-order valence-corrected chi connectivity index (χ2v) is 4.01. The topological polar surface area (TPSA) is 107 Å². The van der Waals surface area contributed by atoms with Crippen LogP contribution in [-0.2, 0) is 17.9 Å². The summed E-state index contributed by atoms with van der Waals surface area (Å²) in [4.78, 5) is 10.1. The van der Waals surface area contributed by atoms with Crippen molar-refractivity contribution in [3.63, 3.8) is 0 Å². The predicted octanol–water partition coefficient (Wildman–Crippen LogP) is 1.25. The lowest BCUT2D eigenvalue weighted by Crippen LogP contribution is -2.08. The predicted molar refractivity (Wildman–Crippen MR) is 67.6 cm³/mol. The van der Waals surface area contributed by atoms with Gasteiger partial charge >= 0.3 is 0 Å². The summed E-state index contributed by atoms with van der Waals surface area (Å²) >= 11 is 0. The Morgan fingerprint density at radius 3 is 2.70 bits per heavy atom. The molecule has 1 aromatic carbocycles. The number of nitro benzene ring substituents is 1. The summed E-state index contributed by atoms with van der Waals surface area (Å²) in [5.41, 5.74) is 1.65. The third kappa shape index (κ3) is 2.78. The van der Waals surface area contributed by atoms with E-state index >= 15 is 0 Å². The van der Waals surface area contributed by atoms with Crippen LogP contribution in [-0.4, -0.2) is 27.0 Å². The summed E-state index contributed by atoms with van der Waals surface area (Å²) < 4.78 is 6.56. The highest BCUT2D eigenvalue weighted by Gasteiger charge is 2.13. The molecule has 0 unspecified atom stereocenters. The Hall–Kier alpha value is -2.79. The van der Waals surface area contributed by atoms with E-state index in [1.54, 1.807) is 16.8 Å². The number of hydrogen-bond donors (Lipinski definition) is 0. The van der Waals surface area contributed by atoms with E-state index in [1.807, 2.05) is 6.07 Å². The number of non-ortho nitro benzene ring substituents is 1. The van der Waals surface area contributed by atoms with Crippen LogP contribution < -0.4 is 0 Å². The van der Waals surface area contributed by atoms with Crippen molar-refractivity contribution in [3.8, 4) is 6.07 Å². The van der Waals surface area contributed by atoms with Crippen molar-refractivity contribution in [3.05, 3.63) is 51.3 Å². The van der Waals surface area contributed by atoms with Gasteiger partial charge in [0, 0.05) is 19.2 Å². The molecule has 102 valence electrons. The summed E-state index contributed by atoms with van der Waals surface area (Å²) in [6.45, 7) is 0.592. The van der Waals surface area contributed by atoms with Crippen LogP contribution in [0.4, 0.5) is 5.69 Å². The molecule has 2 rings (SSSR count). The lowest BCUT2D eigenvalue weighted by Gasteiger charge is -2.05. The monoisotopic (exact) mass is 273 g/mol. The molecule has 0 saturated carbocycles. The van der Waals surface area contributed by atoms with Gasteiger partial charge in [-0.1, -0.05) is 17.3 Å². The Kier molecular flexibility index (Phi) is 4.02. The Bertz CT molecular complexity index is 657. The molecule has 0 bridgehead atoms. The molecular formula is C12H11N5O3. The maximum Gasteiger partial charge on any atom is 0.269 e. The lowest BCUT2D eigenvalue weighted by atomic mass is 10.2. The van der Waals surface area contributed by atoms with E-state index in [2.05, 4.69) is 10.3 Å². The van der Waals surface area contributed by atoms with Gasteiger partial charge < -0.3 is 4.74 Å². The minimum atomic E-state index is -0.455. The highest BCUT2D eigenvalue weighted by atomic mass is 16.6. The highest BCUT2D eigenvalue weighted by molar-refractivity contribution is 5.33. The van der Waals surface area contributed by atoms with Gasteiger partial charge in [0.1, 0.15) is 11.8 Å². The van der Waals surface area contributed by atoms with Crippen LogP contribution in [0.1, 0.15) is 17.0 Å². The average Bonchev–Trinajstić information content (AvgIpc) is 2.82. The molecule has 8 heteroatoms. The average molecular weight is 273 g/mol. The summed E-state index contributed by atoms with van der Waals surface area (Å²) in [6.07, 6.45) is 0. The maximum absolute atomic E-state index is 10.6. The summed E-state index contributed by atoms with van der Waals surface area (Å²) in [7, 11) is 1.52. The smallest absolute Gasteiger partial charge is 0.269 e. The molecule has 0 fully saturated rings. The normalized spacial score (nSPS) is 10.2. The second kappa shape index (κ2) is 5.90. The summed E-state index contributed by atoms with van der Waals surface area (Å²) in [5, 5.41) is 27.2. The molecule has 0 aliphatic heterocycles. The van der Waals surface area contributed by atoms with Crippen LogP contribution in [0.3, 0.4) is 0 Å². The molecule has 1 aromatic heterocycles. The SMILES string of the molecule is COCc1c(C#N)nnn1Cc1ccc([N+](=O)[O-])cc1. The van der Waals surface area contributed by atoms with Gasteiger partial charge in [0.05, 0.1) is 18.1 Å². The molecule has 0 aliphatic carbocycles. The molecular weight excluding hydrogens is 262 g/mol. The fourth-order valence-corrected chi connectivity index (χ4v) is 1.72. The minimum Gasteiger partial charge on any atom is -0.378 e. The number of ether oxygens (including phenoxy) is 1. The number of methoxy groups -OCH3 is 1. The number of benzene rings is 1. The Morgan fingerprint density at radius 2 is 2.15 bits per heavy atom. The van der Waals surface area contributed by atoms with Crippen molar-refractivity contribution in [2.75, 3.05) is 7.11 Å². The summed E-state index contributed by atoms with van der Waals surface area (Å²) in [6, 6.07) is 8.08. The van der Waals surface area contributed by atoms with Crippen molar-refractivity contribution in [1.82, 2.24) is 15.0 Å². The van der Waals surface area contributed by atoms with Gasteiger partial charge in [-0.25, -0.2) is 4.68 Å². The summed E-state index contributed by atoms with van der Waals surface area (Å²) in [5.74, 6) is 0. The van der Waals surface area contributed by atoms with E-state index in [1.165, 1.54) is 19.2 Å². The fraction of sp³-hybridized carbons (Fsp3) is 0.250. The number of nitro groups is 1. The van der Waals surface area contributed by atoms with Gasteiger partial charge in [-0.15, -0.1) is 5.10 Å². The zero-order valence-electron chi connectivity index (χ0n) is 10.7. The van der Waals surface area contributed by atoms with Crippen molar-refractivity contribution < 1.29 is 9.66 Å². The van der Waals surface area contributed by atoms with E-state index in [0.29, 0.717) is 12.2 Å². The highest BCUT2D eigenvalue weighted by Crippen LogP contribution is 2.14.